The van der Waals surface area contributed by atoms with Gasteiger partial charge in [-0.3, -0.25) is 9.59 Å². The van der Waals surface area contributed by atoms with Crippen LogP contribution in [0.4, 0.5) is 17.8 Å². The fourth-order valence-electron chi connectivity index (χ4n) is 5.85. The number of terminal acetylenes is 1. The number of nitrogens with zero attached hydrogens (tertiary/aromatic N) is 9. The lowest BCUT2D eigenvalue weighted by atomic mass is 10.0. The summed E-state index contributed by atoms with van der Waals surface area (Å²) in [4.78, 5) is 45.4. The molecule has 0 radical (unpaired) electrons. The van der Waals surface area contributed by atoms with Crippen LogP contribution in [0.5, 0.6) is 5.75 Å². The van der Waals surface area contributed by atoms with Crippen LogP contribution in [0.2, 0.25) is 0 Å². The highest BCUT2D eigenvalue weighted by Gasteiger charge is 2.32. The lowest BCUT2D eigenvalue weighted by Crippen LogP contribution is -2.51. The van der Waals surface area contributed by atoms with Gasteiger partial charge in [0, 0.05) is 52.2 Å². The number of carbonyl (C=O) groups excluding carboxylic acids is 1. The summed E-state index contributed by atoms with van der Waals surface area (Å²) in [5.74, 6) is 2.71. The third-order valence-electron chi connectivity index (χ3n) is 8.77. The molecule has 55 heavy (non-hydrogen) atoms. The average molecular weight is 788 g/mol. The molecule has 0 bridgehead atoms. The first-order chi connectivity index (χ1) is 26.3. The van der Waals surface area contributed by atoms with Gasteiger partial charge in [-0.2, -0.15) is 15.0 Å². The molecule has 3 aromatic rings. The molecule has 1 aromatic carbocycles. The van der Waals surface area contributed by atoms with Crippen LogP contribution in [-0.4, -0.2) is 156 Å². The minimum absolute atomic E-state index is 0. The number of carbonyl (C=O) groups is 2. The van der Waals surface area contributed by atoms with Gasteiger partial charge >= 0.3 is 5.97 Å². The molecular formula is C35H50ClN11O8. The topological polar surface area (TPSA) is 229 Å². The number of nitrogens with two attached hydrogens (primary N) is 1. The van der Waals surface area contributed by atoms with Gasteiger partial charge in [-0.25, -0.2) is 4.68 Å². The van der Waals surface area contributed by atoms with E-state index >= 15 is 0 Å². The van der Waals surface area contributed by atoms with E-state index in [-0.39, 0.29) is 43.5 Å². The quantitative estimate of drug-likeness (QED) is 0.0852. The molecule has 19 nitrogen and oxygen atoms in total. The molecule has 0 spiro atoms. The number of anilines is 3. The molecule has 2 fully saturated rings. The fraction of sp³-hybridized carbons (Fsp3) is 0.571. The number of phenols is 1. The van der Waals surface area contributed by atoms with Crippen molar-refractivity contribution in [2.75, 3.05) is 114 Å². The van der Waals surface area contributed by atoms with Crippen LogP contribution in [0.1, 0.15) is 36.2 Å². The molecule has 20 heteroatoms. The number of morpholine rings is 1. The maximum absolute atomic E-state index is 13.9. The molecule has 2 aromatic heterocycles. The predicted octanol–water partition coefficient (Wildman–Crippen LogP) is 0.519. The van der Waals surface area contributed by atoms with Crippen LogP contribution < -0.4 is 20.9 Å². The zero-order valence-corrected chi connectivity index (χ0v) is 31.5. The summed E-state index contributed by atoms with van der Waals surface area (Å²) in [7, 11) is 0. The lowest BCUT2D eigenvalue weighted by Gasteiger charge is -2.36. The van der Waals surface area contributed by atoms with E-state index in [0.717, 1.165) is 5.56 Å². The Labute approximate surface area is 325 Å². The van der Waals surface area contributed by atoms with Gasteiger partial charge in [0.15, 0.2) is 0 Å². The van der Waals surface area contributed by atoms with E-state index in [1.165, 1.54) is 4.68 Å². The zero-order chi connectivity index (χ0) is 38.1. The second kappa shape index (κ2) is 22.5. The number of piperazine rings is 1. The third-order valence-corrected chi connectivity index (χ3v) is 8.77. The van der Waals surface area contributed by atoms with E-state index in [1.807, 2.05) is 4.90 Å². The first kappa shape index (κ1) is 42.9. The van der Waals surface area contributed by atoms with Crippen LogP contribution in [-0.2, 0) is 35.0 Å². The molecule has 5 N–H and O–H groups in total. The Bertz CT molecular complexity index is 1660. The number of carboxylic acid groups (broad SMARTS) is 1. The largest absolute Gasteiger partial charge is 0.508 e. The average Bonchev–Trinajstić information content (AvgIpc) is 3.68. The van der Waals surface area contributed by atoms with Gasteiger partial charge in [0.2, 0.25) is 23.8 Å². The molecule has 1 unspecified atom stereocenters. The predicted molar refractivity (Wildman–Crippen MR) is 203 cm³/mol. The number of hydrogen-bond acceptors (Lipinski definition) is 16. The summed E-state index contributed by atoms with van der Waals surface area (Å²) < 4.78 is 23.2. The Hall–Kier alpha value is -4.84. The Kier molecular flexibility index (Phi) is 17.6. The number of benzene rings is 1. The fourth-order valence-corrected chi connectivity index (χ4v) is 5.85. The van der Waals surface area contributed by atoms with Crippen molar-refractivity contribution in [2.45, 2.75) is 31.3 Å². The van der Waals surface area contributed by atoms with Gasteiger partial charge in [0.1, 0.15) is 18.4 Å². The van der Waals surface area contributed by atoms with Crippen LogP contribution in [0.25, 0.3) is 0 Å². The number of carboxylic acids is 1. The second-order valence-corrected chi connectivity index (χ2v) is 12.6. The van der Waals surface area contributed by atoms with Gasteiger partial charge in [0.25, 0.3) is 0 Å². The molecule has 300 valence electrons. The van der Waals surface area contributed by atoms with E-state index in [1.54, 1.807) is 35.4 Å². The highest BCUT2D eigenvalue weighted by Crippen LogP contribution is 2.23. The van der Waals surface area contributed by atoms with E-state index in [9.17, 15) is 19.8 Å². The first-order valence-electron chi connectivity index (χ1n) is 18.0. The van der Waals surface area contributed by atoms with Crippen molar-refractivity contribution in [3.05, 3.63) is 41.7 Å². The molecule has 2 atom stereocenters. The van der Waals surface area contributed by atoms with Crippen molar-refractivity contribution in [3.63, 3.8) is 0 Å². The minimum atomic E-state index is -1.02. The number of rotatable bonds is 21. The van der Waals surface area contributed by atoms with Crippen molar-refractivity contribution in [1.82, 2.24) is 34.8 Å². The van der Waals surface area contributed by atoms with Crippen molar-refractivity contribution in [3.8, 4) is 18.1 Å². The number of phenolic OH excluding ortho intramolecular Hbond substituents is 1. The molecule has 5 rings (SSSR count). The highest BCUT2D eigenvalue weighted by molar-refractivity contribution is 5.85. The second-order valence-electron chi connectivity index (χ2n) is 12.6. The van der Waals surface area contributed by atoms with Crippen molar-refractivity contribution >= 4 is 42.1 Å². The molecule has 0 saturated carbocycles. The van der Waals surface area contributed by atoms with Gasteiger partial charge in [-0.1, -0.05) is 23.3 Å². The van der Waals surface area contributed by atoms with Gasteiger partial charge in [-0.05, 0) is 30.5 Å². The number of aromatic nitrogens is 6. The van der Waals surface area contributed by atoms with Gasteiger partial charge in [0.05, 0.1) is 64.2 Å². The Morgan fingerprint density at radius 3 is 2.22 bits per heavy atom. The number of amides is 1. The smallest absolute Gasteiger partial charge is 0.303 e. The highest BCUT2D eigenvalue weighted by atomic mass is 35.5. The Morgan fingerprint density at radius 1 is 0.927 bits per heavy atom. The van der Waals surface area contributed by atoms with Crippen molar-refractivity contribution in [1.29, 1.82) is 0 Å². The molecule has 2 saturated heterocycles. The maximum atomic E-state index is 13.9. The summed E-state index contributed by atoms with van der Waals surface area (Å²) in [5, 5.41) is 30.7. The summed E-state index contributed by atoms with van der Waals surface area (Å²) >= 11 is 0. The van der Waals surface area contributed by atoms with Crippen molar-refractivity contribution in [2.24, 2.45) is 5.73 Å². The number of aliphatic carboxylic acids is 1. The zero-order valence-electron chi connectivity index (χ0n) is 30.7. The summed E-state index contributed by atoms with van der Waals surface area (Å²) in [6.45, 7) is 6.89. The van der Waals surface area contributed by atoms with Crippen LogP contribution in [0.15, 0.2) is 30.5 Å². The third kappa shape index (κ3) is 13.5. The van der Waals surface area contributed by atoms with E-state index in [2.05, 4.69) is 31.4 Å². The Balaban J connectivity index is 0.00000673. The van der Waals surface area contributed by atoms with E-state index in [4.69, 9.17) is 41.1 Å². The SMILES string of the molecule is C#CCOCCOCCOCCNc1nc(N2CCOCC2)nc(N2CCN(C(=O)[C@H](CCC(=O)O)n3cc(C(N)Cc4ccc(O)cc4)nn3)CC2)n1.Cl. The van der Waals surface area contributed by atoms with Crippen molar-refractivity contribution < 1.29 is 38.7 Å². The number of ether oxygens (including phenoxy) is 4. The number of hydrogen-bond donors (Lipinski definition) is 4. The molecular weight excluding hydrogens is 738 g/mol. The normalized spacial score (nSPS) is 15.5. The number of nitrogens with one attached hydrogen (secondary N) is 1. The van der Waals surface area contributed by atoms with Crippen LogP contribution in [0, 0.1) is 12.3 Å². The Morgan fingerprint density at radius 2 is 1.56 bits per heavy atom. The number of halogens is 1. The monoisotopic (exact) mass is 787 g/mol. The van der Waals surface area contributed by atoms with Crippen LogP contribution >= 0.6 is 12.4 Å². The standard InChI is InChI=1S/C35H49N11O8.ClH/c1-2-16-51-20-22-54-23-21-52-17-9-37-33-38-34(40-35(39-33)45-14-18-53-19-15-45)44-12-10-43(11-13-44)32(50)30(7-8-31(48)49)46-25-29(41-42-46)28(36)24-26-3-5-27(47)6-4-26;/h1,3-6,25,28,30,47H,7-24,36H2,(H,48,49)(H,37,38,39,40);1H/t28?,30-;/m0./s1. The van der Waals surface area contributed by atoms with Gasteiger partial charge < -0.3 is 54.9 Å². The van der Waals surface area contributed by atoms with E-state index in [0.29, 0.717) is 122 Å². The first-order valence-corrected chi connectivity index (χ1v) is 18.0. The molecule has 2 aliphatic heterocycles. The number of aromatic hydroxyl groups is 1. The van der Waals surface area contributed by atoms with E-state index < -0.39 is 18.1 Å². The maximum Gasteiger partial charge on any atom is 0.303 e. The van der Waals surface area contributed by atoms with Crippen LogP contribution in [0.3, 0.4) is 0 Å². The van der Waals surface area contributed by atoms with Gasteiger partial charge in [-0.15, -0.1) is 23.9 Å². The molecule has 1 amide bonds. The summed E-state index contributed by atoms with van der Waals surface area (Å²) in [6, 6.07) is 5.31. The minimum Gasteiger partial charge on any atom is -0.508 e. The molecule has 0 aliphatic carbocycles. The summed E-state index contributed by atoms with van der Waals surface area (Å²) in [6.07, 6.45) is 7.01. The molecule has 4 heterocycles. The molecule has 2 aliphatic rings. The summed E-state index contributed by atoms with van der Waals surface area (Å²) in [5.41, 5.74) is 7.78. The lowest BCUT2D eigenvalue weighted by molar-refractivity contribution is -0.138.